The van der Waals surface area contributed by atoms with Gasteiger partial charge in [0, 0.05) is 30.6 Å². The van der Waals surface area contributed by atoms with Crippen LogP contribution in [0.5, 0.6) is 5.75 Å². The first-order valence-electron chi connectivity index (χ1n) is 9.53. The molecular formula is C23H24N2O2. The van der Waals surface area contributed by atoms with Crippen molar-refractivity contribution in [2.24, 2.45) is 0 Å². The Hall–Kier alpha value is -2.88. The number of benzene rings is 2. The average Bonchev–Trinajstić information content (AvgIpc) is 2.99. The van der Waals surface area contributed by atoms with Gasteiger partial charge in [0.1, 0.15) is 11.4 Å². The number of fused-ring (bicyclic) bond motifs is 1. The summed E-state index contributed by atoms with van der Waals surface area (Å²) in [5.41, 5.74) is 1.82. The standard InChI is InChI=1S/C23H24N2O2/c1-27-20-11-9-17(10-12-20)19-7-4-5-15-25(16-19)23(26)22-21-8-3-2-6-18(21)13-14-24-22/h2-3,6,8-14,19H,4-5,7,15-16H2,1H3. The third-order valence-electron chi connectivity index (χ3n) is 5.42. The Morgan fingerprint density at radius 3 is 2.70 bits per heavy atom. The van der Waals surface area contributed by atoms with Crippen LogP contribution in [0.25, 0.3) is 10.8 Å². The van der Waals surface area contributed by atoms with Gasteiger partial charge < -0.3 is 9.64 Å². The van der Waals surface area contributed by atoms with Gasteiger partial charge in [0.25, 0.3) is 5.91 Å². The molecule has 0 N–H and O–H groups in total. The second kappa shape index (κ2) is 7.78. The zero-order chi connectivity index (χ0) is 18.6. The smallest absolute Gasteiger partial charge is 0.273 e. The molecular weight excluding hydrogens is 336 g/mol. The lowest BCUT2D eigenvalue weighted by Crippen LogP contribution is -2.34. The number of carbonyl (C=O) groups excluding carboxylic acids is 1. The molecule has 1 atom stereocenters. The second-order valence-corrected chi connectivity index (χ2v) is 7.10. The van der Waals surface area contributed by atoms with Crippen LogP contribution in [-0.2, 0) is 0 Å². The van der Waals surface area contributed by atoms with Crippen LogP contribution in [0.2, 0.25) is 0 Å². The maximum absolute atomic E-state index is 13.3. The molecule has 1 amide bonds. The molecule has 1 aromatic heterocycles. The fourth-order valence-electron chi connectivity index (χ4n) is 3.91. The molecule has 2 heterocycles. The Labute approximate surface area is 159 Å². The van der Waals surface area contributed by atoms with Crippen LogP contribution in [0.3, 0.4) is 0 Å². The van der Waals surface area contributed by atoms with Crippen molar-refractivity contribution in [3.05, 3.63) is 72.1 Å². The van der Waals surface area contributed by atoms with Crippen molar-refractivity contribution in [1.29, 1.82) is 0 Å². The van der Waals surface area contributed by atoms with Gasteiger partial charge in [0.05, 0.1) is 7.11 Å². The van der Waals surface area contributed by atoms with Crippen LogP contribution in [0.4, 0.5) is 0 Å². The van der Waals surface area contributed by atoms with Crippen molar-refractivity contribution in [3.63, 3.8) is 0 Å². The fourth-order valence-corrected chi connectivity index (χ4v) is 3.91. The van der Waals surface area contributed by atoms with Crippen molar-refractivity contribution < 1.29 is 9.53 Å². The summed E-state index contributed by atoms with van der Waals surface area (Å²) >= 11 is 0. The van der Waals surface area contributed by atoms with Gasteiger partial charge in [-0.1, -0.05) is 42.8 Å². The van der Waals surface area contributed by atoms with E-state index in [2.05, 4.69) is 17.1 Å². The number of likely N-dealkylation sites (tertiary alicyclic amines) is 1. The number of hydrogen-bond donors (Lipinski definition) is 0. The molecule has 1 unspecified atom stereocenters. The maximum Gasteiger partial charge on any atom is 0.273 e. The van der Waals surface area contributed by atoms with E-state index in [0.717, 1.165) is 48.9 Å². The van der Waals surface area contributed by atoms with E-state index in [9.17, 15) is 4.79 Å². The molecule has 1 aliphatic heterocycles. The molecule has 0 bridgehead atoms. The average molecular weight is 360 g/mol. The highest BCUT2D eigenvalue weighted by Crippen LogP contribution is 2.29. The molecule has 0 radical (unpaired) electrons. The second-order valence-electron chi connectivity index (χ2n) is 7.10. The first-order chi connectivity index (χ1) is 13.3. The lowest BCUT2D eigenvalue weighted by molar-refractivity contribution is 0.0751. The molecule has 3 aromatic rings. The summed E-state index contributed by atoms with van der Waals surface area (Å²) in [5, 5.41) is 1.98. The molecule has 4 nitrogen and oxygen atoms in total. The third kappa shape index (κ3) is 3.65. The van der Waals surface area contributed by atoms with Crippen LogP contribution in [0, 0.1) is 0 Å². The SMILES string of the molecule is COc1ccc(C2CCCCN(C(=O)c3nccc4ccccc34)C2)cc1. The number of amides is 1. The summed E-state index contributed by atoms with van der Waals surface area (Å²) in [6.45, 7) is 1.52. The lowest BCUT2D eigenvalue weighted by Gasteiger charge is -2.25. The van der Waals surface area contributed by atoms with Crippen LogP contribution in [0.15, 0.2) is 60.8 Å². The number of carbonyl (C=O) groups is 1. The normalized spacial score (nSPS) is 17.5. The van der Waals surface area contributed by atoms with Gasteiger partial charge in [-0.15, -0.1) is 0 Å². The summed E-state index contributed by atoms with van der Waals surface area (Å²) in [7, 11) is 1.68. The highest BCUT2D eigenvalue weighted by molar-refractivity contribution is 6.05. The number of ether oxygens (including phenoxy) is 1. The maximum atomic E-state index is 13.3. The molecule has 138 valence electrons. The molecule has 0 aliphatic carbocycles. The summed E-state index contributed by atoms with van der Waals surface area (Å²) in [6, 6.07) is 18.1. The van der Waals surface area contributed by atoms with Gasteiger partial charge in [-0.25, -0.2) is 0 Å². The van der Waals surface area contributed by atoms with Crippen LogP contribution in [-0.4, -0.2) is 36.0 Å². The van der Waals surface area contributed by atoms with Crippen LogP contribution >= 0.6 is 0 Å². The van der Waals surface area contributed by atoms with E-state index in [0.29, 0.717) is 11.6 Å². The summed E-state index contributed by atoms with van der Waals surface area (Å²) in [4.78, 5) is 19.7. The predicted octanol–water partition coefficient (Wildman–Crippen LogP) is 4.65. The van der Waals surface area contributed by atoms with E-state index in [-0.39, 0.29) is 5.91 Å². The number of rotatable bonds is 3. The van der Waals surface area contributed by atoms with E-state index in [1.165, 1.54) is 5.56 Å². The summed E-state index contributed by atoms with van der Waals surface area (Å²) < 4.78 is 5.27. The first-order valence-corrected chi connectivity index (χ1v) is 9.53. The highest BCUT2D eigenvalue weighted by atomic mass is 16.5. The van der Waals surface area contributed by atoms with E-state index >= 15 is 0 Å². The molecule has 0 spiro atoms. The molecule has 0 saturated carbocycles. The highest BCUT2D eigenvalue weighted by Gasteiger charge is 2.25. The Kier molecular flexibility index (Phi) is 5.05. The van der Waals surface area contributed by atoms with Gasteiger partial charge in [0.2, 0.25) is 0 Å². The van der Waals surface area contributed by atoms with E-state index in [1.807, 2.05) is 47.4 Å². The van der Waals surface area contributed by atoms with Crippen molar-refractivity contribution >= 4 is 16.7 Å². The minimum Gasteiger partial charge on any atom is -0.497 e. The molecule has 1 aliphatic rings. The molecule has 2 aromatic carbocycles. The molecule has 4 rings (SSSR count). The third-order valence-corrected chi connectivity index (χ3v) is 5.42. The van der Waals surface area contributed by atoms with Crippen molar-refractivity contribution in [2.45, 2.75) is 25.2 Å². The van der Waals surface area contributed by atoms with E-state index < -0.39 is 0 Å². The topological polar surface area (TPSA) is 42.4 Å². The first kappa shape index (κ1) is 17.5. The van der Waals surface area contributed by atoms with Crippen LogP contribution < -0.4 is 4.74 Å². The van der Waals surface area contributed by atoms with Gasteiger partial charge in [-0.2, -0.15) is 0 Å². The van der Waals surface area contributed by atoms with E-state index in [1.54, 1.807) is 13.3 Å². The van der Waals surface area contributed by atoms with Crippen LogP contribution in [0.1, 0.15) is 41.2 Å². The minimum atomic E-state index is 0.0345. The number of nitrogens with zero attached hydrogens (tertiary/aromatic N) is 2. The monoisotopic (exact) mass is 360 g/mol. The van der Waals surface area contributed by atoms with Crippen molar-refractivity contribution in [2.75, 3.05) is 20.2 Å². The number of hydrogen-bond acceptors (Lipinski definition) is 3. The summed E-state index contributed by atoms with van der Waals surface area (Å²) in [5.74, 6) is 1.24. The van der Waals surface area contributed by atoms with E-state index in [4.69, 9.17) is 4.74 Å². The number of aromatic nitrogens is 1. The van der Waals surface area contributed by atoms with Gasteiger partial charge >= 0.3 is 0 Å². The summed E-state index contributed by atoms with van der Waals surface area (Å²) in [6.07, 6.45) is 4.99. The Balaban J connectivity index is 1.60. The number of methoxy groups -OCH3 is 1. The Bertz CT molecular complexity index is 931. The van der Waals surface area contributed by atoms with Gasteiger partial charge in [-0.3, -0.25) is 9.78 Å². The minimum absolute atomic E-state index is 0.0345. The van der Waals surface area contributed by atoms with Crippen molar-refractivity contribution in [3.8, 4) is 5.75 Å². The largest absolute Gasteiger partial charge is 0.497 e. The predicted molar refractivity (Wildman–Crippen MR) is 107 cm³/mol. The quantitative estimate of drug-likeness (QED) is 0.682. The van der Waals surface area contributed by atoms with Gasteiger partial charge in [-0.05, 0) is 42.0 Å². The lowest BCUT2D eigenvalue weighted by atomic mass is 9.94. The molecule has 4 heteroatoms. The number of pyridine rings is 1. The molecule has 27 heavy (non-hydrogen) atoms. The zero-order valence-corrected chi connectivity index (χ0v) is 15.6. The Morgan fingerprint density at radius 1 is 1.07 bits per heavy atom. The molecule has 1 fully saturated rings. The Morgan fingerprint density at radius 2 is 1.89 bits per heavy atom. The van der Waals surface area contributed by atoms with Gasteiger partial charge in [0.15, 0.2) is 0 Å². The van der Waals surface area contributed by atoms with Crippen molar-refractivity contribution in [1.82, 2.24) is 9.88 Å². The molecule has 1 saturated heterocycles. The fraction of sp³-hybridized carbons (Fsp3) is 0.304. The zero-order valence-electron chi connectivity index (χ0n) is 15.6.